The summed E-state index contributed by atoms with van der Waals surface area (Å²) in [6, 6.07) is 5.82. The first-order valence-corrected chi connectivity index (χ1v) is 4.78. The molecule has 1 aromatic rings. The predicted octanol–water partition coefficient (Wildman–Crippen LogP) is 4.23. The molecule has 0 atom stereocenters. The van der Waals surface area contributed by atoms with Crippen molar-refractivity contribution < 1.29 is 4.39 Å². The van der Waals surface area contributed by atoms with Crippen LogP contribution in [0.25, 0.3) is 5.57 Å². The van der Waals surface area contributed by atoms with E-state index in [4.69, 9.17) is 0 Å². The molecule has 76 valence electrons. The van der Waals surface area contributed by atoms with Gasteiger partial charge in [0.25, 0.3) is 0 Å². The van der Waals surface area contributed by atoms with Crippen molar-refractivity contribution in [2.45, 2.75) is 33.4 Å². The van der Waals surface area contributed by atoms with Crippen molar-refractivity contribution in [2.75, 3.05) is 0 Å². The van der Waals surface area contributed by atoms with Crippen molar-refractivity contribution in [2.24, 2.45) is 0 Å². The molecule has 0 N–H and O–H groups in total. The Kier molecular flexibility index (Phi) is 2.79. The Morgan fingerprint density at radius 2 is 1.93 bits per heavy atom. The highest BCUT2D eigenvalue weighted by Crippen LogP contribution is 2.31. The van der Waals surface area contributed by atoms with Crippen LogP contribution >= 0.6 is 0 Å². The number of halogens is 1. The number of hydrogen-bond acceptors (Lipinski definition) is 0. The molecule has 0 bridgehead atoms. The molecular weight excluding hydrogens is 175 g/mol. The molecule has 1 aromatic carbocycles. The smallest absolute Gasteiger partial charge is 0.131 e. The molecule has 0 nitrogen and oxygen atoms in total. The second kappa shape index (κ2) is 3.56. The lowest BCUT2D eigenvalue weighted by atomic mass is 9.90. The number of aryl methyl sites for hydroxylation is 1. The van der Waals surface area contributed by atoms with Crippen LogP contribution < -0.4 is 0 Å². The van der Waals surface area contributed by atoms with Crippen LogP contribution in [0.2, 0.25) is 0 Å². The summed E-state index contributed by atoms with van der Waals surface area (Å²) in [6.07, 6.45) is 0. The van der Waals surface area contributed by atoms with Crippen LogP contribution in [-0.4, -0.2) is 0 Å². The van der Waals surface area contributed by atoms with E-state index >= 15 is 0 Å². The number of allylic oxidation sites excluding steroid dienone is 1. The van der Waals surface area contributed by atoms with Gasteiger partial charge in [0.2, 0.25) is 0 Å². The third-order valence-corrected chi connectivity index (χ3v) is 2.28. The minimum atomic E-state index is -1.31. The maximum Gasteiger partial charge on any atom is 0.131 e. The zero-order valence-electron chi connectivity index (χ0n) is 9.32. The summed E-state index contributed by atoms with van der Waals surface area (Å²) in [7, 11) is 0. The molecule has 0 heterocycles. The molecule has 0 saturated heterocycles. The lowest BCUT2D eigenvalue weighted by Gasteiger charge is -2.20. The highest BCUT2D eigenvalue weighted by molar-refractivity contribution is 5.65. The van der Waals surface area contributed by atoms with Crippen LogP contribution in [0.15, 0.2) is 24.8 Å². The molecule has 0 unspecified atom stereocenters. The number of hydrogen-bond donors (Lipinski definition) is 0. The first-order valence-electron chi connectivity index (χ1n) is 4.78. The normalized spacial score (nSPS) is 11.5. The molecule has 0 radical (unpaired) electrons. The molecule has 0 spiro atoms. The Hall–Kier alpha value is -1.11. The van der Waals surface area contributed by atoms with E-state index in [1.54, 1.807) is 13.8 Å². The Bertz CT molecular complexity index is 356. The van der Waals surface area contributed by atoms with Gasteiger partial charge in [0.1, 0.15) is 5.67 Å². The molecular formula is C13H17F. The molecule has 0 amide bonds. The van der Waals surface area contributed by atoms with E-state index in [9.17, 15) is 4.39 Å². The maximum atomic E-state index is 13.9. The van der Waals surface area contributed by atoms with E-state index in [1.165, 1.54) is 0 Å². The lowest BCUT2D eigenvalue weighted by Crippen LogP contribution is -2.12. The fraction of sp³-hybridized carbons (Fsp3) is 0.385. The largest absolute Gasteiger partial charge is 0.239 e. The van der Waals surface area contributed by atoms with E-state index < -0.39 is 5.67 Å². The molecule has 1 heteroatoms. The van der Waals surface area contributed by atoms with Crippen molar-refractivity contribution in [3.63, 3.8) is 0 Å². The van der Waals surface area contributed by atoms with Crippen LogP contribution in [0, 0.1) is 6.92 Å². The van der Waals surface area contributed by atoms with Crippen molar-refractivity contribution >= 4 is 5.57 Å². The standard InChI is InChI=1S/C13H17F/c1-9(2)11-7-6-10(3)8-12(11)13(4,5)14/h6-8H,1H2,2-5H3. The topological polar surface area (TPSA) is 0 Å². The number of rotatable bonds is 2. The van der Waals surface area contributed by atoms with Gasteiger partial charge in [-0.25, -0.2) is 4.39 Å². The zero-order chi connectivity index (χ0) is 10.9. The minimum Gasteiger partial charge on any atom is -0.239 e. The quantitative estimate of drug-likeness (QED) is 0.657. The van der Waals surface area contributed by atoms with E-state index in [0.29, 0.717) is 0 Å². The molecule has 0 aliphatic heterocycles. The van der Waals surface area contributed by atoms with Gasteiger partial charge in [-0.1, -0.05) is 35.9 Å². The third-order valence-electron chi connectivity index (χ3n) is 2.28. The van der Waals surface area contributed by atoms with Gasteiger partial charge in [0.15, 0.2) is 0 Å². The van der Waals surface area contributed by atoms with Gasteiger partial charge in [-0.15, -0.1) is 0 Å². The second-order valence-electron chi connectivity index (χ2n) is 4.30. The van der Waals surface area contributed by atoms with Crippen molar-refractivity contribution in [3.8, 4) is 0 Å². The zero-order valence-corrected chi connectivity index (χ0v) is 9.32. The molecule has 14 heavy (non-hydrogen) atoms. The third kappa shape index (κ3) is 2.22. The van der Waals surface area contributed by atoms with Gasteiger partial charge in [-0.3, -0.25) is 0 Å². The van der Waals surface area contributed by atoms with Gasteiger partial charge in [0, 0.05) is 0 Å². The first-order chi connectivity index (χ1) is 6.32. The highest BCUT2D eigenvalue weighted by Gasteiger charge is 2.22. The van der Waals surface area contributed by atoms with E-state index in [1.807, 2.05) is 32.0 Å². The second-order valence-corrected chi connectivity index (χ2v) is 4.30. The Labute approximate surface area is 85.5 Å². The Morgan fingerprint density at radius 1 is 1.36 bits per heavy atom. The van der Waals surface area contributed by atoms with E-state index in [2.05, 4.69) is 6.58 Å². The van der Waals surface area contributed by atoms with Crippen LogP contribution in [0.1, 0.15) is 37.5 Å². The van der Waals surface area contributed by atoms with Crippen LogP contribution in [-0.2, 0) is 5.67 Å². The molecule has 0 fully saturated rings. The Morgan fingerprint density at radius 3 is 2.36 bits per heavy atom. The molecule has 1 rings (SSSR count). The Balaban J connectivity index is 3.38. The van der Waals surface area contributed by atoms with E-state index in [0.717, 1.165) is 22.3 Å². The average Bonchev–Trinajstić information content (AvgIpc) is 2.01. The summed E-state index contributed by atoms with van der Waals surface area (Å²) >= 11 is 0. The first kappa shape index (κ1) is 11.0. The summed E-state index contributed by atoms with van der Waals surface area (Å²) in [6.45, 7) is 10.9. The van der Waals surface area contributed by atoms with Crippen molar-refractivity contribution in [1.29, 1.82) is 0 Å². The van der Waals surface area contributed by atoms with E-state index in [-0.39, 0.29) is 0 Å². The van der Waals surface area contributed by atoms with Gasteiger partial charge in [0.05, 0.1) is 0 Å². The fourth-order valence-electron chi connectivity index (χ4n) is 1.52. The summed E-state index contributed by atoms with van der Waals surface area (Å²) in [5.74, 6) is 0. The molecule has 0 aliphatic carbocycles. The van der Waals surface area contributed by atoms with Crippen LogP contribution in [0.3, 0.4) is 0 Å². The van der Waals surface area contributed by atoms with Crippen molar-refractivity contribution in [3.05, 3.63) is 41.5 Å². The van der Waals surface area contributed by atoms with Crippen LogP contribution in [0.4, 0.5) is 4.39 Å². The number of benzene rings is 1. The minimum absolute atomic E-state index is 0.727. The summed E-state index contributed by atoms with van der Waals surface area (Å²) in [4.78, 5) is 0. The monoisotopic (exact) mass is 192 g/mol. The lowest BCUT2D eigenvalue weighted by molar-refractivity contribution is 0.221. The summed E-state index contributed by atoms with van der Waals surface area (Å²) in [5, 5.41) is 0. The van der Waals surface area contributed by atoms with Gasteiger partial charge in [-0.05, 0) is 38.8 Å². The SMILES string of the molecule is C=C(C)c1ccc(C)cc1C(C)(C)F. The predicted molar refractivity (Wildman–Crippen MR) is 60.0 cm³/mol. The molecule has 0 saturated carbocycles. The van der Waals surface area contributed by atoms with Gasteiger partial charge < -0.3 is 0 Å². The van der Waals surface area contributed by atoms with Gasteiger partial charge >= 0.3 is 0 Å². The summed E-state index contributed by atoms with van der Waals surface area (Å²) in [5.41, 5.74) is 2.33. The van der Waals surface area contributed by atoms with Gasteiger partial charge in [-0.2, -0.15) is 0 Å². The summed E-state index contributed by atoms with van der Waals surface area (Å²) < 4.78 is 13.9. The molecule has 0 aromatic heterocycles. The van der Waals surface area contributed by atoms with Crippen molar-refractivity contribution in [1.82, 2.24) is 0 Å². The maximum absolute atomic E-state index is 13.9. The number of alkyl halides is 1. The molecule has 0 aliphatic rings. The average molecular weight is 192 g/mol. The van der Waals surface area contributed by atoms with Crippen LogP contribution in [0.5, 0.6) is 0 Å². The highest BCUT2D eigenvalue weighted by atomic mass is 19.1. The fourth-order valence-corrected chi connectivity index (χ4v) is 1.52.